The molecule has 0 amide bonds. The van der Waals surface area contributed by atoms with Gasteiger partial charge >= 0.3 is 0 Å². The lowest BCUT2D eigenvalue weighted by atomic mass is 10.3. The quantitative estimate of drug-likeness (QED) is 0.322. The topological polar surface area (TPSA) is 131 Å². The third-order valence-electron chi connectivity index (χ3n) is 1.07. The molecule has 0 bridgehead atoms. The van der Waals surface area contributed by atoms with E-state index in [1.807, 2.05) is 0 Å². The molecule has 82 valence electrons. The summed E-state index contributed by atoms with van der Waals surface area (Å²) < 4.78 is 0. The minimum Gasteiger partial charge on any atom is -0.370 e. The van der Waals surface area contributed by atoms with E-state index in [1.54, 1.807) is 24.3 Å². The van der Waals surface area contributed by atoms with Gasteiger partial charge in [-0.05, 0) is 18.2 Å². The summed E-state index contributed by atoms with van der Waals surface area (Å²) in [4.78, 5) is 12.1. The largest absolute Gasteiger partial charge is 0.370 e. The fourth-order valence-corrected chi connectivity index (χ4v) is 0.879. The van der Waals surface area contributed by atoms with Gasteiger partial charge in [-0.2, -0.15) is 0 Å². The Morgan fingerprint density at radius 2 is 1.93 bits per heavy atom. The number of aliphatic imine (C=N–C) groups is 1. The molecule has 0 aliphatic carbocycles. The van der Waals surface area contributed by atoms with Crippen molar-refractivity contribution in [1.82, 2.24) is 0 Å². The van der Waals surface area contributed by atoms with E-state index in [9.17, 15) is 0 Å². The van der Waals surface area contributed by atoms with Gasteiger partial charge in [-0.1, -0.05) is 17.7 Å². The van der Waals surface area contributed by atoms with Gasteiger partial charge in [-0.25, -0.2) is 4.99 Å². The number of halogens is 1. The molecule has 8 heteroatoms. The molecule has 1 aromatic carbocycles. The molecular formula is C7H8ClN4O3-. The molecule has 0 fully saturated rings. The molecule has 0 heterocycles. The van der Waals surface area contributed by atoms with Crippen molar-refractivity contribution in [2.45, 2.75) is 0 Å². The van der Waals surface area contributed by atoms with Crippen LogP contribution in [0.15, 0.2) is 29.3 Å². The summed E-state index contributed by atoms with van der Waals surface area (Å²) in [6.07, 6.45) is 0. The minimum absolute atomic E-state index is 0.0345. The SMILES string of the molecule is NC(N)=Nc1cccc(Cl)c1.O=[N+]([O-])[O-]. The second-order valence-corrected chi connectivity index (χ2v) is 2.68. The van der Waals surface area contributed by atoms with Crippen molar-refractivity contribution in [3.05, 3.63) is 44.6 Å². The maximum absolute atomic E-state index is 8.25. The van der Waals surface area contributed by atoms with Crippen LogP contribution in [0, 0.1) is 15.3 Å². The summed E-state index contributed by atoms with van der Waals surface area (Å²) in [5.74, 6) is 0.0345. The molecule has 0 aliphatic rings. The van der Waals surface area contributed by atoms with Gasteiger partial charge in [0.05, 0.1) is 10.8 Å². The second-order valence-electron chi connectivity index (χ2n) is 2.24. The number of hydrogen-bond acceptors (Lipinski definition) is 4. The second kappa shape index (κ2) is 6.44. The van der Waals surface area contributed by atoms with Crippen LogP contribution in [0.5, 0.6) is 0 Å². The highest BCUT2D eigenvalue weighted by Crippen LogP contribution is 2.16. The van der Waals surface area contributed by atoms with Crippen LogP contribution in [0.3, 0.4) is 0 Å². The fraction of sp³-hybridized carbons (Fsp3) is 0. The molecule has 0 saturated carbocycles. The van der Waals surface area contributed by atoms with Crippen LogP contribution in [0.1, 0.15) is 0 Å². The summed E-state index contributed by atoms with van der Waals surface area (Å²) in [6.45, 7) is 0. The lowest BCUT2D eigenvalue weighted by Crippen LogP contribution is -2.21. The molecule has 1 aromatic rings. The zero-order chi connectivity index (χ0) is 11.8. The third-order valence-corrected chi connectivity index (χ3v) is 1.30. The van der Waals surface area contributed by atoms with Crippen LogP contribution < -0.4 is 11.5 Å². The number of hydrogen-bond donors (Lipinski definition) is 2. The minimum atomic E-state index is -1.75. The maximum Gasteiger partial charge on any atom is 0.191 e. The predicted molar refractivity (Wildman–Crippen MR) is 57.3 cm³/mol. The molecule has 0 radical (unpaired) electrons. The number of nitrogens with zero attached hydrogens (tertiary/aromatic N) is 2. The summed E-state index contributed by atoms with van der Waals surface area (Å²) >= 11 is 5.68. The van der Waals surface area contributed by atoms with Gasteiger partial charge in [0.1, 0.15) is 0 Å². The monoisotopic (exact) mass is 231 g/mol. The molecule has 0 spiro atoms. The Balaban J connectivity index is 0.000000423. The first-order valence-corrected chi connectivity index (χ1v) is 3.96. The van der Waals surface area contributed by atoms with Crippen LogP contribution in [-0.4, -0.2) is 11.0 Å². The first-order valence-electron chi connectivity index (χ1n) is 3.58. The Morgan fingerprint density at radius 3 is 2.33 bits per heavy atom. The van der Waals surface area contributed by atoms with Crippen LogP contribution in [0.2, 0.25) is 5.02 Å². The average Bonchev–Trinajstić information content (AvgIpc) is 2.00. The molecule has 0 aliphatic heterocycles. The molecule has 1 rings (SSSR count). The van der Waals surface area contributed by atoms with Gasteiger partial charge in [0.15, 0.2) is 5.96 Å². The summed E-state index contributed by atoms with van der Waals surface area (Å²) in [5, 5.41) is 15.4. The number of nitrogens with two attached hydrogens (primary N) is 2. The number of rotatable bonds is 1. The number of guanidine groups is 1. The van der Waals surface area contributed by atoms with Gasteiger partial charge in [-0.15, -0.1) is 0 Å². The van der Waals surface area contributed by atoms with E-state index in [4.69, 9.17) is 38.4 Å². The first kappa shape index (κ1) is 13.0. The Labute approximate surface area is 90.1 Å². The van der Waals surface area contributed by atoms with Crippen LogP contribution in [0.4, 0.5) is 5.69 Å². The van der Waals surface area contributed by atoms with Gasteiger partial charge in [0, 0.05) is 5.02 Å². The average molecular weight is 232 g/mol. The predicted octanol–water partition coefficient (Wildman–Crippen LogP) is 1.01. The molecule has 15 heavy (non-hydrogen) atoms. The molecule has 4 N–H and O–H groups in total. The Hall–Kier alpha value is -2.02. The van der Waals surface area contributed by atoms with Crippen LogP contribution in [0.25, 0.3) is 0 Å². The van der Waals surface area contributed by atoms with Crippen molar-refractivity contribution < 1.29 is 5.09 Å². The fourth-order valence-electron chi connectivity index (χ4n) is 0.695. The molecule has 0 aromatic heterocycles. The summed E-state index contributed by atoms with van der Waals surface area (Å²) in [7, 11) is 0. The molecule has 7 nitrogen and oxygen atoms in total. The normalized spacial score (nSPS) is 8.33. The molecular weight excluding hydrogens is 224 g/mol. The van der Waals surface area contributed by atoms with Gasteiger partial charge in [0.2, 0.25) is 0 Å². The van der Waals surface area contributed by atoms with Crippen LogP contribution >= 0.6 is 11.6 Å². The van der Waals surface area contributed by atoms with Crippen molar-refractivity contribution in [1.29, 1.82) is 0 Å². The Kier molecular flexibility index (Phi) is 5.57. The molecule has 0 saturated heterocycles. The first-order chi connectivity index (χ1) is 6.91. The van der Waals surface area contributed by atoms with E-state index < -0.39 is 5.09 Å². The summed E-state index contributed by atoms with van der Waals surface area (Å²) in [6, 6.07) is 6.99. The van der Waals surface area contributed by atoms with Crippen molar-refractivity contribution >= 4 is 23.2 Å². The highest BCUT2D eigenvalue weighted by atomic mass is 35.5. The smallest absolute Gasteiger partial charge is 0.191 e. The van der Waals surface area contributed by atoms with Gasteiger partial charge in [-0.3, -0.25) is 0 Å². The van der Waals surface area contributed by atoms with E-state index in [2.05, 4.69) is 4.99 Å². The maximum atomic E-state index is 8.25. The lowest BCUT2D eigenvalue weighted by molar-refractivity contribution is -0.402. The molecule has 0 atom stereocenters. The third kappa shape index (κ3) is 8.31. The van der Waals surface area contributed by atoms with Crippen LogP contribution in [-0.2, 0) is 0 Å². The van der Waals surface area contributed by atoms with E-state index in [-0.39, 0.29) is 5.96 Å². The van der Waals surface area contributed by atoms with Crippen molar-refractivity contribution in [3.63, 3.8) is 0 Å². The van der Waals surface area contributed by atoms with Crippen molar-refractivity contribution in [3.8, 4) is 0 Å². The van der Waals surface area contributed by atoms with E-state index >= 15 is 0 Å². The van der Waals surface area contributed by atoms with Gasteiger partial charge < -0.3 is 26.8 Å². The van der Waals surface area contributed by atoms with Crippen molar-refractivity contribution in [2.75, 3.05) is 0 Å². The number of benzene rings is 1. The zero-order valence-corrected chi connectivity index (χ0v) is 8.22. The highest BCUT2D eigenvalue weighted by molar-refractivity contribution is 6.30. The van der Waals surface area contributed by atoms with Crippen molar-refractivity contribution in [2.24, 2.45) is 16.5 Å². The lowest BCUT2D eigenvalue weighted by Gasteiger charge is -1.94. The highest BCUT2D eigenvalue weighted by Gasteiger charge is 1.90. The Bertz CT molecular complexity index is 361. The standard InChI is InChI=1S/C7H8ClN3.NO3/c8-5-2-1-3-6(4-5)11-7(9)10;2-1(3)4/h1-4H,(H4,9,10,11);/q;-1. The Morgan fingerprint density at radius 1 is 1.40 bits per heavy atom. The van der Waals surface area contributed by atoms with Gasteiger partial charge in [0.25, 0.3) is 0 Å². The van der Waals surface area contributed by atoms with E-state index in [1.165, 1.54) is 0 Å². The summed E-state index contributed by atoms with van der Waals surface area (Å²) in [5.41, 5.74) is 11.0. The zero-order valence-electron chi connectivity index (χ0n) is 7.46. The molecule has 0 unspecified atom stereocenters. The van der Waals surface area contributed by atoms with E-state index in [0.717, 1.165) is 0 Å². The van der Waals surface area contributed by atoms with E-state index in [0.29, 0.717) is 10.7 Å².